The zero-order chi connectivity index (χ0) is 11.4. The van der Waals surface area contributed by atoms with Gasteiger partial charge in [0.1, 0.15) is 0 Å². The SMILES string of the molecule is CCCOCC1(O)CCOC(C)(CC)C1. The summed E-state index contributed by atoms with van der Waals surface area (Å²) in [5.41, 5.74) is -0.860. The second-order valence-electron chi connectivity index (χ2n) is 4.86. The van der Waals surface area contributed by atoms with E-state index >= 15 is 0 Å². The third kappa shape index (κ3) is 3.74. The van der Waals surface area contributed by atoms with Gasteiger partial charge in [-0.15, -0.1) is 0 Å². The molecule has 15 heavy (non-hydrogen) atoms. The van der Waals surface area contributed by atoms with Crippen LogP contribution in [-0.4, -0.2) is 36.1 Å². The van der Waals surface area contributed by atoms with Crippen molar-refractivity contribution in [1.29, 1.82) is 0 Å². The molecule has 3 nitrogen and oxygen atoms in total. The van der Waals surface area contributed by atoms with E-state index in [1.54, 1.807) is 0 Å². The van der Waals surface area contributed by atoms with E-state index in [-0.39, 0.29) is 5.60 Å². The molecule has 3 heteroatoms. The maximum absolute atomic E-state index is 10.4. The van der Waals surface area contributed by atoms with E-state index in [0.29, 0.717) is 26.1 Å². The van der Waals surface area contributed by atoms with Crippen LogP contribution >= 0.6 is 0 Å². The van der Waals surface area contributed by atoms with E-state index in [2.05, 4.69) is 20.8 Å². The molecule has 0 saturated carbocycles. The summed E-state index contributed by atoms with van der Waals surface area (Å²) in [7, 11) is 0. The minimum atomic E-state index is -0.682. The lowest BCUT2D eigenvalue weighted by Crippen LogP contribution is -2.49. The van der Waals surface area contributed by atoms with Gasteiger partial charge in [0.15, 0.2) is 0 Å². The Hall–Kier alpha value is -0.120. The standard InChI is InChI=1S/C12H24O3/c1-4-7-14-10-12(13)6-8-15-11(3,5-2)9-12/h13H,4-10H2,1-3H3. The first-order valence-electron chi connectivity index (χ1n) is 5.98. The van der Waals surface area contributed by atoms with Crippen molar-refractivity contribution in [3.8, 4) is 0 Å². The number of aliphatic hydroxyl groups is 1. The van der Waals surface area contributed by atoms with Gasteiger partial charge in [-0.3, -0.25) is 0 Å². The van der Waals surface area contributed by atoms with Crippen molar-refractivity contribution < 1.29 is 14.6 Å². The fourth-order valence-electron chi connectivity index (χ4n) is 2.08. The lowest BCUT2D eigenvalue weighted by Gasteiger charge is -2.42. The second kappa shape index (κ2) is 5.28. The van der Waals surface area contributed by atoms with Crippen molar-refractivity contribution in [2.24, 2.45) is 0 Å². The molecule has 1 aliphatic rings. The summed E-state index contributed by atoms with van der Waals surface area (Å²) in [4.78, 5) is 0. The monoisotopic (exact) mass is 216 g/mol. The molecule has 0 spiro atoms. The Morgan fingerprint density at radius 2 is 2.13 bits per heavy atom. The van der Waals surface area contributed by atoms with Crippen LogP contribution in [0.1, 0.15) is 46.5 Å². The average Bonchev–Trinajstić information content (AvgIpc) is 2.18. The molecule has 0 radical (unpaired) electrons. The molecule has 0 aliphatic carbocycles. The normalized spacial score (nSPS) is 36.8. The fraction of sp³-hybridized carbons (Fsp3) is 1.00. The number of ether oxygens (including phenoxy) is 2. The first-order valence-corrected chi connectivity index (χ1v) is 5.98. The van der Waals surface area contributed by atoms with Crippen LogP contribution in [0.3, 0.4) is 0 Å². The molecule has 0 amide bonds. The molecule has 90 valence electrons. The molecule has 2 atom stereocenters. The van der Waals surface area contributed by atoms with Crippen molar-refractivity contribution in [2.45, 2.75) is 57.7 Å². The summed E-state index contributed by atoms with van der Waals surface area (Å²) >= 11 is 0. The highest BCUT2D eigenvalue weighted by atomic mass is 16.5. The van der Waals surface area contributed by atoms with E-state index in [4.69, 9.17) is 9.47 Å². The topological polar surface area (TPSA) is 38.7 Å². The zero-order valence-electron chi connectivity index (χ0n) is 10.2. The Morgan fingerprint density at radius 1 is 1.40 bits per heavy atom. The number of rotatable bonds is 5. The van der Waals surface area contributed by atoms with Crippen LogP contribution in [0, 0.1) is 0 Å². The quantitative estimate of drug-likeness (QED) is 0.715. The van der Waals surface area contributed by atoms with E-state index in [9.17, 15) is 5.11 Å². The molecule has 0 bridgehead atoms. The van der Waals surface area contributed by atoms with Crippen molar-refractivity contribution >= 4 is 0 Å². The molecule has 1 N–H and O–H groups in total. The first-order chi connectivity index (χ1) is 7.04. The van der Waals surface area contributed by atoms with E-state index < -0.39 is 5.60 Å². The molecule has 1 aliphatic heterocycles. The minimum absolute atomic E-state index is 0.178. The Labute approximate surface area is 92.8 Å². The van der Waals surface area contributed by atoms with Crippen LogP contribution in [0.25, 0.3) is 0 Å². The zero-order valence-corrected chi connectivity index (χ0v) is 10.2. The molecule has 0 aromatic rings. The predicted octanol–water partition coefficient (Wildman–Crippen LogP) is 2.12. The predicted molar refractivity (Wildman–Crippen MR) is 59.9 cm³/mol. The van der Waals surface area contributed by atoms with Crippen LogP contribution in [0.2, 0.25) is 0 Å². The second-order valence-corrected chi connectivity index (χ2v) is 4.86. The molecule has 1 saturated heterocycles. The van der Waals surface area contributed by atoms with Gasteiger partial charge in [0.25, 0.3) is 0 Å². The number of hydrogen-bond donors (Lipinski definition) is 1. The molecule has 0 aromatic heterocycles. The highest BCUT2D eigenvalue weighted by molar-refractivity contribution is 4.92. The largest absolute Gasteiger partial charge is 0.387 e. The molecular weight excluding hydrogens is 192 g/mol. The Balaban J connectivity index is 2.45. The van der Waals surface area contributed by atoms with Gasteiger partial charge in [0.2, 0.25) is 0 Å². The van der Waals surface area contributed by atoms with Crippen molar-refractivity contribution in [1.82, 2.24) is 0 Å². The summed E-state index contributed by atoms with van der Waals surface area (Å²) in [5, 5.41) is 10.4. The summed E-state index contributed by atoms with van der Waals surface area (Å²) in [6.45, 7) is 8.04. The first kappa shape index (κ1) is 12.9. The van der Waals surface area contributed by atoms with Gasteiger partial charge < -0.3 is 14.6 Å². The smallest absolute Gasteiger partial charge is 0.0929 e. The Kier molecular flexibility index (Phi) is 4.56. The number of hydrogen-bond acceptors (Lipinski definition) is 3. The van der Waals surface area contributed by atoms with Gasteiger partial charge >= 0.3 is 0 Å². The van der Waals surface area contributed by atoms with Crippen LogP contribution < -0.4 is 0 Å². The van der Waals surface area contributed by atoms with Crippen LogP contribution in [0.5, 0.6) is 0 Å². The maximum Gasteiger partial charge on any atom is 0.0929 e. The lowest BCUT2D eigenvalue weighted by molar-refractivity contribution is -0.173. The molecule has 1 rings (SSSR count). The third-order valence-electron chi connectivity index (χ3n) is 3.19. The third-order valence-corrected chi connectivity index (χ3v) is 3.19. The highest BCUT2D eigenvalue weighted by Gasteiger charge is 2.41. The van der Waals surface area contributed by atoms with Crippen LogP contribution in [0.15, 0.2) is 0 Å². The van der Waals surface area contributed by atoms with E-state index in [0.717, 1.165) is 19.4 Å². The van der Waals surface area contributed by atoms with Gasteiger partial charge in [-0.05, 0) is 19.8 Å². The summed E-state index contributed by atoms with van der Waals surface area (Å²) in [5.74, 6) is 0. The van der Waals surface area contributed by atoms with Gasteiger partial charge in [0.05, 0.1) is 24.4 Å². The summed E-state index contributed by atoms with van der Waals surface area (Å²) in [6, 6.07) is 0. The molecule has 1 fully saturated rings. The Bertz CT molecular complexity index is 195. The molecule has 2 unspecified atom stereocenters. The molecule has 0 aromatic carbocycles. The van der Waals surface area contributed by atoms with Crippen LogP contribution in [0.4, 0.5) is 0 Å². The highest BCUT2D eigenvalue weighted by Crippen LogP contribution is 2.34. The maximum atomic E-state index is 10.4. The van der Waals surface area contributed by atoms with Gasteiger partial charge in [0, 0.05) is 19.4 Å². The van der Waals surface area contributed by atoms with Gasteiger partial charge in [-0.1, -0.05) is 13.8 Å². The summed E-state index contributed by atoms with van der Waals surface area (Å²) < 4.78 is 11.2. The van der Waals surface area contributed by atoms with Crippen molar-refractivity contribution in [3.05, 3.63) is 0 Å². The van der Waals surface area contributed by atoms with E-state index in [1.165, 1.54) is 0 Å². The van der Waals surface area contributed by atoms with Gasteiger partial charge in [-0.25, -0.2) is 0 Å². The Morgan fingerprint density at radius 3 is 2.73 bits per heavy atom. The lowest BCUT2D eigenvalue weighted by atomic mass is 9.82. The average molecular weight is 216 g/mol. The van der Waals surface area contributed by atoms with Crippen molar-refractivity contribution in [2.75, 3.05) is 19.8 Å². The molecular formula is C12H24O3. The molecule has 1 heterocycles. The van der Waals surface area contributed by atoms with Crippen LogP contribution in [-0.2, 0) is 9.47 Å². The van der Waals surface area contributed by atoms with Crippen molar-refractivity contribution in [3.63, 3.8) is 0 Å². The fourth-order valence-corrected chi connectivity index (χ4v) is 2.08. The van der Waals surface area contributed by atoms with Gasteiger partial charge in [-0.2, -0.15) is 0 Å². The van der Waals surface area contributed by atoms with E-state index in [1.807, 2.05) is 0 Å². The minimum Gasteiger partial charge on any atom is -0.387 e. The summed E-state index contributed by atoms with van der Waals surface area (Å²) in [6.07, 6.45) is 3.30.